The Hall–Kier alpha value is -1.14. The number of nitrogens with zero attached hydrogens (tertiary/aromatic N) is 2. The van der Waals surface area contributed by atoms with E-state index in [2.05, 4.69) is 15.2 Å². The molecule has 0 aromatic carbocycles. The van der Waals surface area contributed by atoms with Gasteiger partial charge in [-0.1, -0.05) is 0 Å². The number of hydrogen-bond acceptors (Lipinski definition) is 5. The second kappa shape index (κ2) is 6.70. The maximum absolute atomic E-state index is 11.3. The molecule has 1 saturated heterocycles. The summed E-state index contributed by atoms with van der Waals surface area (Å²) in [4.78, 5) is 18.0. The molecule has 1 aliphatic heterocycles. The first-order valence-electron chi connectivity index (χ1n) is 6.19. The van der Waals surface area contributed by atoms with Gasteiger partial charge in [-0.3, -0.25) is 4.79 Å². The third-order valence-corrected chi connectivity index (χ3v) is 3.90. The van der Waals surface area contributed by atoms with Gasteiger partial charge in [0.05, 0.1) is 0 Å². The second-order valence-corrected chi connectivity index (χ2v) is 5.38. The maximum Gasteiger partial charge on any atom is 0.245 e. The van der Waals surface area contributed by atoms with Crippen LogP contribution in [0.4, 0.5) is 5.13 Å². The van der Waals surface area contributed by atoms with E-state index in [0.717, 1.165) is 37.6 Å². The minimum atomic E-state index is -0.0381. The molecule has 100 valence electrons. The molecule has 5 nitrogen and oxygen atoms in total. The minimum Gasteiger partial charge on any atom is -0.375 e. The lowest BCUT2D eigenvalue weighted by Crippen LogP contribution is -2.41. The zero-order valence-electron chi connectivity index (χ0n) is 10.6. The molecule has 1 atom stereocenters. The summed E-state index contributed by atoms with van der Waals surface area (Å²) < 4.78 is 4.79. The molecule has 0 radical (unpaired) electrons. The van der Waals surface area contributed by atoms with Gasteiger partial charge in [-0.2, -0.15) is 0 Å². The number of aromatic nitrogens is 1. The first-order chi connectivity index (χ1) is 8.79. The van der Waals surface area contributed by atoms with Crippen LogP contribution in [0, 0.1) is 5.92 Å². The lowest BCUT2D eigenvalue weighted by molar-refractivity contribution is -0.124. The number of carbonyl (C=O) groups excluding carboxylic acids is 1. The Morgan fingerprint density at radius 1 is 1.72 bits per heavy atom. The molecule has 0 spiro atoms. The van der Waals surface area contributed by atoms with Gasteiger partial charge in [0, 0.05) is 38.3 Å². The molecular weight excluding hydrogens is 250 g/mol. The van der Waals surface area contributed by atoms with Gasteiger partial charge >= 0.3 is 0 Å². The van der Waals surface area contributed by atoms with Crippen molar-refractivity contribution in [1.29, 1.82) is 0 Å². The largest absolute Gasteiger partial charge is 0.375 e. The summed E-state index contributed by atoms with van der Waals surface area (Å²) in [6.45, 7) is 2.91. The highest BCUT2D eigenvalue weighted by molar-refractivity contribution is 7.13. The van der Waals surface area contributed by atoms with Crippen LogP contribution in [0.2, 0.25) is 0 Å². The molecule has 2 heterocycles. The molecule has 6 heteroatoms. The van der Waals surface area contributed by atoms with Crippen molar-refractivity contribution in [2.75, 3.05) is 38.3 Å². The Bertz CT molecular complexity index is 369. The molecule has 0 aliphatic carbocycles. The van der Waals surface area contributed by atoms with Crippen LogP contribution in [0.3, 0.4) is 0 Å². The van der Waals surface area contributed by atoms with E-state index < -0.39 is 0 Å². The zero-order valence-corrected chi connectivity index (χ0v) is 11.4. The number of carbonyl (C=O) groups is 1. The van der Waals surface area contributed by atoms with Gasteiger partial charge in [-0.15, -0.1) is 11.3 Å². The molecule has 18 heavy (non-hydrogen) atoms. The fraction of sp³-hybridized carbons (Fsp3) is 0.667. The molecule has 1 N–H and O–H groups in total. The van der Waals surface area contributed by atoms with E-state index in [1.165, 1.54) is 7.11 Å². The minimum absolute atomic E-state index is 0.0381. The Labute approximate surface area is 111 Å². The van der Waals surface area contributed by atoms with Crippen LogP contribution < -0.4 is 10.2 Å². The zero-order chi connectivity index (χ0) is 12.8. The van der Waals surface area contributed by atoms with Crippen molar-refractivity contribution in [2.45, 2.75) is 12.8 Å². The van der Waals surface area contributed by atoms with Gasteiger partial charge in [-0.25, -0.2) is 4.98 Å². The monoisotopic (exact) mass is 269 g/mol. The highest BCUT2D eigenvalue weighted by Crippen LogP contribution is 2.24. The summed E-state index contributed by atoms with van der Waals surface area (Å²) in [6, 6.07) is 0. The van der Waals surface area contributed by atoms with Crippen molar-refractivity contribution < 1.29 is 9.53 Å². The van der Waals surface area contributed by atoms with Crippen LogP contribution >= 0.6 is 11.3 Å². The molecular formula is C12H19N3O2S. The Balaban J connectivity index is 1.78. The summed E-state index contributed by atoms with van der Waals surface area (Å²) in [7, 11) is 1.53. The van der Waals surface area contributed by atoms with Gasteiger partial charge in [0.1, 0.15) is 6.61 Å². The van der Waals surface area contributed by atoms with Gasteiger partial charge in [-0.05, 0) is 18.8 Å². The summed E-state index contributed by atoms with van der Waals surface area (Å²) >= 11 is 1.67. The molecule has 1 unspecified atom stereocenters. The number of anilines is 1. The predicted octanol–water partition coefficient (Wildman–Crippen LogP) is 1.12. The number of hydrogen-bond donors (Lipinski definition) is 1. The Morgan fingerprint density at radius 3 is 3.33 bits per heavy atom. The van der Waals surface area contributed by atoms with Gasteiger partial charge in [0.15, 0.2) is 5.13 Å². The third-order valence-electron chi connectivity index (χ3n) is 3.07. The quantitative estimate of drug-likeness (QED) is 0.870. The second-order valence-electron chi connectivity index (χ2n) is 4.51. The maximum atomic E-state index is 11.3. The van der Waals surface area contributed by atoms with Crippen molar-refractivity contribution in [3.8, 4) is 0 Å². The third kappa shape index (κ3) is 3.68. The van der Waals surface area contributed by atoms with Crippen LogP contribution in [-0.2, 0) is 9.53 Å². The van der Waals surface area contributed by atoms with Crippen LogP contribution in [0.5, 0.6) is 0 Å². The predicted molar refractivity (Wildman–Crippen MR) is 71.9 cm³/mol. The van der Waals surface area contributed by atoms with E-state index in [-0.39, 0.29) is 12.5 Å². The topological polar surface area (TPSA) is 54.5 Å². The summed E-state index contributed by atoms with van der Waals surface area (Å²) in [6.07, 6.45) is 4.16. The van der Waals surface area contributed by atoms with E-state index in [1.807, 2.05) is 11.6 Å². The van der Waals surface area contributed by atoms with Crippen LogP contribution in [0.25, 0.3) is 0 Å². The van der Waals surface area contributed by atoms with Gasteiger partial charge in [0.25, 0.3) is 0 Å². The van der Waals surface area contributed by atoms with Gasteiger partial charge in [0.2, 0.25) is 5.91 Å². The highest BCUT2D eigenvalue weighted by atomic mass is 32.1. The van der Waals surface area contributed by atoms with Crippen LogP contribution in [-0.4, -0.2) is 44.2 Å². The average Bonchev–Trinajstić information content (AvgIpc) is 2.91. The lowest BCUT2D eigenvalue weighted by Gasteiger charge is -2.32. The highest BCUT2D eigenvalue weighted by Gasteiger charge is 2.21. The van der Waals surface area contributed by atoms with Crippen LogP contribution in [0.1, 0.15) is 12.8 Å². The van der Waals surface area contributed by atoms with E-state index in [1.54, 1.807) is 11.3 Å². The summed E-state index contributed by atoms with van der Waals surface area (Å²) in [5.41, 5.74) is 0. The molecule has 0 saturated carbocycles. The molecule has 1 amide bonds. The van der Waals surface area contributed by atoms with Crippen molar-refractivity contribution in [2.24, 2.45) is 5.92 Å². The molecule has 2 rings (SSSR count). The van der Waals surface area contributed by atoms with E-state index in [0.29, 0.717) is 5.92 Å². The van der Waals surface area contributed by atoms with E-state index in [9.17, 15) is 4.79 Å². The fourth-order valence-electron chi connectivity index (χ4n) is 2.22. The number of thiazole rings is 1. The normalized spacial score (nSPS) is 19.8. The van der Waals surface area contributed by atoms with E-state index >= 15 is 0 Å². The van der Waals surface area contributed by atoms with Crippen molar-refractivity contribution in [3.63, 3.8) is 0 Å². The first-order valence-corrected chi connectivity index (χ1v) is 7.07. The smallest absolute Gasteiger partial charge is 0.245 e. The summed E-state index contributed by atoms with van der Waals surface area (Å²) in [5, 5.41) is 6.00. The molecule has 1 aromatic rings. The summed E-state index contributed by atoms with van der Waals surface area (Å²) in [5.74, 6) is 0.465. The number of amides is 1. The Kier molecular flexibility index (Phi) is 4.95. The molecule has 1 fully saturated rings. The first kappa shape index (κ1) is 13.3. The number of methoxy groups -OCH3 is 1. The Morgan fingerprint density at radius 2 is 2.61 bits per heavy atom. The number of rotatable bonds is 5. The number of nitrogens with one attached hydrogen (secondary N) is 1. The average molecular weight is 269 g/mol. The van der Waals surface area contributed by atoms with Gasteiger partial charge < -0.3 is 15.0 Å². The fourth-order valence-corrected chi connectivity index (χ4v) is 2.90. The van der Waals surface area contributed by atoms with Crippen molar-refractivity contribution >= 4 is 22.4 Å². The molecule has 1 aromatic heterocycles. The van der Waals surface area contributed by atoms with E-state index in [4.69, 9.17) is 4.74 Å². The number of ether oxygens (including phenoxy) is 1. The number of piperidine rings is 1. The van der Waals surface area contributed by atoms with Crippen molar-refractivity contribution in [1.82, 2.24) is 10.3 Å². The lowest BCUT2D eigenvalue weighted by atomic mass is 9.98. The standard InChI is InChI=1S/C12H19N3O2S/c1-17-9-11(16)14-7-10-3-2-5-15(8-10)12-13-4-6-18-12/h4,6,10H,2-3,5,7-9H2,1H3,(H,14,16). The van der Waals surface area contributed by atoms with Crippen LogP contribution in [0.15, 0.2) is 11.6 Å². The molecule has 0 bridgehead atoms. The molecule has 1 aliphatic rings. The SMILES string of the molecule is COCC(=O)NCC1CCCN(c2nccs2)C1. The van der Waals surface area contributed by atoms with Crippen molar-refractivity contribution in [3.05, 3.63) is 11.6 Å².